The van der Waals surface area contributed by atoms with Crippen molar-refractivity contribution < 1.29 is 29.6 Å². The molecule has 7 heteroatoms. The van der Waals surface area contributed by atoms with E-state index < -0.39 is 18.3 Å². The Hall–Kier alpha value is -2.74. The Bertz CT molecular complexity index is 933. The monoisotopic (exact) mass is 457 g/mol. The van der Waals surface area contributed by atoms with Gasteiger partial charge in [0.2, 0.25) is 5.91 Å². The molecular weight excluding hydrogens is 422 g/mol. The van der Waals surface area contributed by atoms with Crippen LogP contribution in [-0.2, 0) is 20.7 Å². The molecule has 0 saturated carbocycles. The van der Waals surface area contributed by atoms with E-state index in [2.05, 4.69) is 5.32 Å². The van der Waals surface area contributed by atoms with E-state index in [1.165, 1.54) is 13.2 Å². The number of nitrogens with one attached hydrogen (secondary N) is 1. The average molecular weight is 458 g/mol. The maximum Gasteiger partial charge on any atom is 0.227 e. The number of hydrogen-bond donors (Lipinski definition) is 4. The van der Waals surface area contributed by atoms with Crippen LogP contribution >= 0.6 is 0 Å². The van der Waals surface area contributed by atoms with Crippen LogP contribution in [0, 0.1) is 5.92 Å². The molecule has 4 atom stereocenters. The lowest BCUT2D eigenvalue weighted by molar-refractivity contribution is -0.128. The van der Waals surface area contributed by atoms with Gasteiger partial charge in [-0.1, -0.05) is 30.7 Å². The van der Waals surface area contributed by atoms with Gasteiger partial charge in [-0.3, -0.25) is 9.59 Å². The molecule has 2 bridgehead atoms. The van der Waals surface area contributed by atoms with Crippen molar-refractivity contribution in [2.45, 2.75) is 64.8 Å². The number of methoxy groups -OCH3 is 1. The first-order valence-electron chi connectivity index (χ1n) is 11.1. The molecule has 33 heavy (non-hydrogen) atoms. The molecule has 1 aliphatic heterocycles. The second-order valence-corrected chi connectivity index (χ2v) is 8.84. The Kier molecular flexibility index (Phi) is 10.0. The molecule has 0 aliphatic carbocycles. The number of aromatic hydroxyl groups is 1. The topological polar surface area (TPSA) is 116 Å². The Morgan fingerprint density at radius 3 is 2.52 bits per heavy atom. The van der Waals surface area contributed by atoms with Crippen LogP contribution in [0.15, 0.2) is 53.6 Å². The van der Waals surface area contributed by atoms with E-state index in [-0.39, 0.29) is 36.2 Å². The third-order valence-corrected chi connectivity index (χ3v) is 5.51. The standard InChI is InChI=1S/C26H35NO6/c1-16-6-5-7-25(33-4)24(31)14-21(28)10-17(2)8-18(3)23(30)15-26(32)27-20-11-19(9-16)12-22(29)13-20/h5-8,11-13,17,21,23,25,28-30H,9-10,14-15H2,1-4H3,(H,27,32)/b7-5+,16-6+,18-8+/t17-,21+,23+,25-/m1/s1. The predicted molar refractivity (Wildman–Crippen MR) is 128 cm³/mol. The molecule has 0 saturated heterocycles. The first-order valence-corrected chi connectivity index (χ1v) is 11.1. The minimum Gasteiger partial charge on any atom is -0.508 e. The fourth-order valence-electron chi connectivity index (χ4n) is 3.90. The van der Waals surface area contributed by atoms with Crippen molar-refractivity contribution >= 4 is 17.4 Å². The number of anilines is 1. The summed E-state index contributed by atoms with van der Waals surface area (Å²) in [5.41, 5.74) is 2.83. The lowest BCUT2D eigenvalue weighted by Crippen LogP contribution is -2.26. The number of Topliss-reactive ketones (excluding diaryl/α,β-unsaturated/α-hetero) is 1. The van der Waals surface area contributed by atoms with Gasteiger partial charge in [0, 0.05) is 25.3 Å². The van der Waals surface area contributed by atoms with Crippen LogP contribution in [0.5, 0.6) is 5.75 Å². The number of allylic oxidation sites excluding steroid dienone is 4. The number of aliphatic hydroxyl groups is 2. The number of amides is 1. The lowest BCUT2D eigenvalue weighted by Gasteiger charge is -2.18. The number of carbonyl (C=O) groups is 2. The summed E-state index contributed by atoms with van der Waals surface area (Å²) in [4.78, 5) is 25.0. The summed E-state index contributed by atoms with van der Waals surface area (Å²) in [6.07, 6.45) is 5.14. The van der Waals surface area contributed by atoms with Crippen LogP contribution in [0.2, 0.25) is 0 Å². The Labute approximate surface area is 195 Å². The first-order chi connectivity index (χ1) is 15.6. The van der Waals surface area contributed by atoms with E-state index in [4.69, 9.17) is 4.74 Å². The van der Waals surface area contributed by atoms with Crippen LogP contribution in [0.3, 0.4) is 0 Å². The number of carbonyl (C=O) groups excluding carboxylic acids is 2. The first kappa shape index (κ1) is 26.5. The third-order valence-electron chi connectivity index (χ3n) is 5.51. The quantitative estimate of drug-likeness (QED) is 0.480. The number of phenols is 1. The van der Waals surface area contributed by atoms with Gasteiger partial charge in [-0.15, -0.1) is 0 Å². The fraction of sp³-hybridized carbons (Fsp3) is 0.462. The van der Waals surface area contributed by atoms with Gasteiger partial charge in [0.25, 0.3) is 0 Å². The summed E-state index contributed by atoms with van der Waals surface area (Å²) in [7, 11) is 1.45. The highest BCUT2D eigenvalue weighted by Gasteiger charge is 2.21. The molecule has 4 N–H and O–H groups in total. The molecule has 1 heterocycles. The molecule has 1 aliphatic rings. The van der Waals surface area contributed by atoms with Gasteiger partial charge in [-0.05, 0) is 62.0 Å². The molecule has 1 amide bonds. The number of hydrogen-bond acceptors (Lipinski definition) is 6. The summed E-state index contributed by atoms with van der Waals surface area (Å²) < 4.78 is 5.28. The Morgan fingerprint density at radius 1 is 1.09 bits per heavy atom. The number of aliphatic hydroxyl groups excluding tert-OH is 2. The number of fused-ring (bicyclic) bond motifs is 2. The largest absolute Gasteiger partial charge is 0.508 e. The molecule has 180 valence electrons. The van der Waals surface area contributed by atoms with Gasteiger partial charge < -0.3 is 25.4 Å². The Morgan fingerprint density at radius 2 is 1.82 bits per heavy atom. The minimum absolute atomic E-state index is 0.0299. The molecule has 0 aromatic heterocycles. The second-order valence-electron chi connectivity index (χ2n) is 8.84. The number of rotatable bonds is 1. The van der Waals surface area contributed by atoms with Gasteiger partial charge in [-0.2, -0.15) is 0 Å². The summed E-state index contributed by atoms with van der Waals surface area (Å²) in [6, 6.07) is 4.85. The van der Waals surface area contributed by atoms with Gasteiger partial charge in [0.15, 0.2) is 5.78 Å². The number of phenolic OH excluding ortho intramolecular Hbond substituents is 1. The summed E-state index contributed by atoms with van der Waals surface area (Å²) in [6.45, 7) is 5.52. The van der Waals surface area contributed by atoms with E-state index in [9.17, 15) is 24.9 Å². The smallest absolute Gasteiger partial charge is 0.227 e. The van der Waals surface area contributed by atoms with E-state index in [0.29, 0.717) is 24.1 Å². The van der Waals surface area contributed by atoms with E-state index >= 15 is 0 Å². The van der Waals surface area contributed by atoms with E-state index in [1.54, 1.807) is 37.3 Å². The molecular formula is C26H35NO6. The zero-order valence-electron chi connectivity index (χ0n) is 19.7. The SMILES string of the molecule is CO[C@@H]1/C=C/C=C(\C)Cc2cc(O)cc(c2)NC(=O)C[C@H](O)/C(C)=C/[C@@H](C)C[C@H](O)CC1=O. The molecule has 0 spiro atoms. The van der Waals surface area contributed by atoms with E-state index in [1.807, 2.05) is 19.9 Å². The number of benzene rings is 1. The highest BCUT2D eigenvalue weighted by atomic mass is 16.5. The van der Waals surface area contributed by atoms with Gasteiger partial charge in [0.05, 0.1) is 18.6 Å². The predicted octanol–water partition coefficient (Wildman–Crippen LogP) is 3.45. The van der Waals surface area contributed by atoms with Gasteiger partial charge in [-0.25, -0.2) is 0 Å². The molecule has 0 radical (unpaired) electrons. The normalized spacial score (nSPS) is 30.4. The summed E-state index contributed by atoms with van der Waals surface area (Å²) in [5.74, 6) is -0.668. The second kappa shape index (κ2) is 12.5. The molecule has 2 rings (SSSR count). The fourth-order valence-corrected chi connectivity index (χ4v) is 3.90. The highest BCUT2D eigenvalue weighted by Crippen LogP contribution is 2.23. The van der Waals surface area contributed by atoms with E-state index in [0.717, 1.165) is 11.1 Å². The minimum atomic E-state index is -0.984. The van der Waals surface area contributed by atoms with Gasteiger partial charge in [0.1, 0.15) is 11.9 Å². The van der Waals surface area contributed by atoms with Crippen molar-refractivity contribution in [1.82, 2.24) is 0 Å². The van der Waals surface area contributed by atoms with Crippen LogP contribution < -0.4 is 5.32 Å². The van der Waals surface area contributed by atoms with Crippen molar-refractivity contribution in [3.63, 3.8) is 0 Å². The maximum absolute atomic E-state index is 12.5. The highest BCUT2D eigenvalue weighted by molar-refractivity contribution is 5.91. The van der Waals surface area contributed by atoms with Crippen LogP contribution in [-0.4, -0.2) is 52.4 Å². The molecule has 0 fully saturated rings. The van der Waals surface area contributed by atoms with Crippen LogP contribution in [0.4, 0.5) is 5.69 Å². The van der Waals surface area contributed by atoms with Crippen molar-refractivity contribution in [2.24, 2.45) is 5.92 Å². The third kappa shape index (κ3) is 8.96. The van der Waals surface area contributed by atoms with Crippen molar-refractivity contribution in [3.8, 4) is 5.75 Å². The van der Waals surface area contributed by atoms with Crippen molar-refractivity contribution in [2.75, 3.05) is 12.4 Å². The van der Waals surface area contributed by atoms with Crippen molar-refractivity contribution in [3.05, 3.63) is 59.2 Å². The lowest BCUT2D eigenvalue weighted by atomic mass is 9.95. The van der Waals surface area contributed by atoms with Crippen LogP contribution in [0.25, 0.3) is 0 Å². The number of ketones is 1. The molecule has 1 aromatic rings. The maximum atomic E-state index is 12.5. The molecule has 1 aromatic carbocycles. The molecule has 0 unspecified atom stereocenters. The summed E-state index contributed by atoms with van der Waals surface area (Å²) in [5, 5.41) is 33.6. The average Bonchev–Trinajstić information content (AvgIpc) is 2.69. The summed E-state index contributed by atoms with van der Waals surface area (Å²) >= 11 is 0. The zero-order valence-corrected chi connectivity index (χ0v) is 19.7. The van der Waals surface area contributed by atoms with Crippen molar-refractivity contribution in [1.29, 1.82) is 0 Å². The zero-order chi connectivity index (χ0) is 24.5. The van der Waals surface area contributed by atoms with Gasteiger partial charge >= 0.3 is 0 Å². The molecule has 7 nitrogen and oxygen atoms in total. The Balaban J connectivity index is 2.34. The number of ether oxygens (including phenoxy) is 1. The van der Waals surface area contributed by atoms with Crippen LogP contribution in [0.1, 0.15) is 45.6 Å².